The van der Waals surface area contributed by atoms with Crippen molar-refractivity contribution in [2.75, 3.05) is 19.8 Å². The number of ether oxygens (including phenoxy) is 2. The molecule has 1 aromatic carbocycles. The molecule has 2 aliphatic rings. The van der Waals surface area contributed by atoms with Crippen LogP contribution >= 0.6 is 0 Å². The van der Waals surface area contributed by atoms with Gasteiger partial charge in [0, 0.05) is 31.1 Å². The molecule has 2 aromatic rings. The number of rotatable bonds is 4. The van der Waals surface area contributed by atoms with Gasteiger partial charge in [-0.15, -0.1) is 0 Å². The summed E-state index contributed by atoms with van der Waals surface area (Å²) in [5, 5.41) is 1.20. The van der Waals surface area contributed by atoms with Crippen LogP contribution in [-0.4, -0.2) is 47.9 Å². The first-order chi connectivity index (χ1) is 11.3. The smallest absolute Gasteiger partial charge is 0.0991 e. The quantitative estimate of drug-likeness (QED) is 0.869. The fourth-order valence-corrected chi connectivity index (χ4v) is 3.98. The second-order valence-corrected chi connectivity index (χ2v) is 6.44. The minimum absolute atomic E-state index is 0.211. The molecule has 1 saturated heterocycles. The maximum absolute atomic E-state index is 6.01. The standard InChI is InChI=1S/C19H24N2O2/c1-2-22-19-17-9-10-18(19)23-12-11-21(17)13-15-8-7-14-5-3-4-6-16(14)20-15/h3-8,17-19H,2,9-13H2,1H3/t17-,18-,19+/m1/s1. The molecule has 2 fully saturated rings. The van der Waals surface area contributed by atoms with Gasteiger partial charge in [0.2, 0.25) is 0 Å². The zero-order valence-corrected chi connectivity index (χ0v) is 13.6. The molecule has 4 heteroatoms. The van der Waals surface area contributed by atoms with Crippen LogP contribution in [0.5, 0.6) is 0 Å². The first-order valence-corrected chi connectivity index (χ1v) is 8.67. The van der Waals surface area contributed by atoms with Crippen molar-refractivity contribution in [3.63, 3.8) is 0 Å². The highest BCUT2D eigenvalue weighted by molar-refractivity contribution is 5.78. The van der Waals surface area contributed by atoms with E-state index >= 15 is 0 Å². The third-order valence-corrected chi connectivity index (χ3v) is 5.05. The minimum atomic E-state index is 0.211. The third-order valence-electron chi connectivity index (χ3n) is 5.05. The summed E-state index contributed by atoms with van der Waals surface area (Å²) in [5.74, 6) is 0. The Morgan fingerprint density at radius 1 is 1.22 bits per heavy atom. The lowest BCUT2D eigenvalue weighted by Gasteiger charge is -2.30. The Morgan fingerprint density at radius 2 is 2.13 bits per heavy atom. The molecular formula is C19H24N2O2. The molecule has 3 atom stereocenters. The van der Waals surface area contributed by atoms with E-state index in [4.69, 9.17) is 14.5 Å². The predicted molar refractivity (Wildman–Crippen MR) is 90.3 cm³/mol. The summed E-state index contributed by atoms with van der Waals surface area (Å²) in [7, 11) is 0. The van der Waals surface area contributed by atoms with Gasteiger partial charge in [-0.25, -0.2) is 0 Å². The van der Waals surface area contributed by atoms with Crippen LogP contribution in [0.15, 0.2) is 36.4 Å². The molecule has 122 valence electrons. The predicted octanol–water partition coefficient (Wildman–Crippen LogP) is 3.00. The van der Waals surface area contributed by atoms with Gasteiger partial charge in [-0.05, 0) is 31.9 Å². The Morgan fingerprint density at radius 3 is 3.04 bits per heavy atom. The monoisotopic (exact) mass is 312 g/mol. The van der Waals surface area contributed by atoms with Crippen molar-refractivity contribution in [3.05, 3.63) is 42.1 Å². The average molecular weight is 312 g/mol. The number of aromatic nitrogens is 1. The fraction of sp³-hybridized carbons (Fsp3) is 0.526. The normalized spacial score (nSPS) is 28.1. The van der Waals surface area contributed by atoms with E-state index in [2.05, 4.69) is 42.2 Å². The van der Waals surface area contributed by atoms with E-state index in [9.17, 15) is 0 Å². The number of nitrogens with zero attached hydrogens (tertiary/aromatic N) is 2. The van der Waals surface area contributed by atoms with Crippen molar-refractivity contribution in [2.45, 2.75) is 44.6 Å². The first-order valence-electron chi connectivity index (χ1n) is 8.67. The lowest BCUT2D eigenvalue weighted by molar-refractivity contribution is -0.0498. The summed E-state index contributed by atoms with van der Waals surface area (Å²) in [4.78, 5) is 7.33. The molecule has 2 heterocycles. The molecule has 1 aliphatic carbocycles. The molecule has 0 radical (unpaired) electrons. The molecular weight excluding hydrogens is 288 g/mol. The molecule has 0 unspecified atom stereocenters. The van der Waals surface area contributed by atoms with Crippen LogP contribution in [0.4, 0.5) is 0 Å². The van der Waals surface area contributed by atoms with Crippen LogP contribution in [0.2, 0.25) is 0 Å². The minimum Gasteiger partial charge on any atom is -0.374 e. The highest BCUT2D eigenvalue weighted by atomic mass is 16.5. The van der Waals surface area contributed by atoms with E-state index in [1.54, 1.807) is 0 Å². The van der Waals surface area contributed by atoms with Crippen LogP contribution in [0.25, 0.3) is 10.9 Å². The van der Waals surface area contributed by atoms with Gasteiger partial charge in [0.15, 0.2) is 0 Å². The maximum Gasteiger partial charge on any atom is 0.0991 e. The van der Waals surface area contributed by atoms with Crippen LogP contribution in [0, 0.1) is 0 Å². The zero-order chi connectivity index (χ0) is 15.6. The summed E-state index contributed by atoms with van der Waals surface area (Å²) >= 11 is 0. The molecule has 2 bridgehead atoms. The van der Waals surface area contributed by atoms with E-state index in [0.29, 0.717) is 6.04 Å². The summed E-state index contributed by atoms with van der Waals surface area (Å²) < 4.78 is 12.0. The van der Waals surface area contributed by atoms with Gasteiger partial charge < -0.3 is 9.47 Å². The zero-order valence-electron chi connectivity index (χ0n) is 13.6. The van der Waals surface area contributed by atoms with Crippen molar-refractivity contribution >= 4 is 10.9 Å². The molecule has 0 N–H and O–H groups in total. The van der Waals surface area contributed by atoms with Crippen LogP contribution < -0.4 is 0 Å². The van der Waals surface area contributed by atoms with Crippen molar-refractivity contribution in [2.24, 2.45) is 0 Å². The SMILES string of the molecule is CCO[C@H]1[C@H]2CC[C@H]1OCCN2Cc1ccc2ccccc2n1. The Kier molecular flexibility index (Phi) is 4.29. The molecule has 0 spiro atoms. The first kappa shape index (κ1) is 15.1. The molecule has 4 rings (SSSR count). The van der Waals surface area contributed by atoms with Crippen molar-refractivity contribution in [3.8, 4) is 0 Å². The number of hydrogen-bond donors (Lipinski definition) is 0. The number of hydrogen-bond acceptors (Lipinski definition) is 4. The summed E-state index contributed by atoms with van der Waals surface area (Å²) in [6.07, 6.45) is 2.75. The van der Waals surface area contributed by atoms with E-state index < -0.39 is 0 Å². The van der Waals surface area contributed by atoms with Gasteiger partial charge in [0.1, 0.15) is 0 Å². The number of para-hydroxylation sites is 1. The van der Waals surface area contributed by atoms with Crippen molar-refractivity contribution < 1.29 is 9.47 Å². The average Bonchev–Trinajstić information content (AvgIpc) is 2.88. The van der Waals surface area contributed by atoms with Gasteiger partial charge >= 0.3 is 0 Å². The Bertz CT molecular complexity index is 675. The lowest BCUT2D eigenvalue weighted by atomic mass is 10.1. The highest BCUT2D eigenvalue weighted by Gasteiger charge is 2.42. The molecule has 1 aromatic heterocycles. The summed E-state index contributed by atoms with van der Waals surface area (Å²) in [6, 6.07) is 13.1. The van der Waals surface area contributed by atoms with Gasteiger partial charge in [0.25, 0.3) is 0 Å². The Labute approximate surface area is 137 Å². The lowest BCUT2D eigenvalue weighted by Crippen LogP contribution is -2.43. The summed E-state index contributed by atoms with van der Waals surface area (Å²) in [5.41, 5.74) is 2.20. The molecule has 1 aliphatic heterocycles. The van der Waals surface area contributed by atoms with E-state index in [1.165, 1.54) is 5.39 Å². The number of benzene rings is 1. The highest BCUT2D eigenvalue weighted by Crippen LogP contribution is 2.32. The molecule has 1 saturated carbocycles. The fourth-order valence-electron chi connectivity index (χ4n) is 3.98. The second-order valence-electron chi connectivity index (χ2n) is 6.44. The van der Waals surface area contributed by atoms with Gasteiger partial charge in [-0.2, -0.15) is 0 Å². The van der Waals surface area contributed by atoms with Crippen LogP contribution in [0.3, 0.4) is 0 Å². The van der Waals surface area contributed by atoms with Crippen LogP contribution in [0.1, 0.15) is 25.5 Å². The molecule has 0 amide bonds. The maximum atomic E-state index is 6.01. The Hall–Kier alpha value is -1.49. The van der Waals surface area contributed by atoms with Gasteiger partial charge in [-0.3, -0.25) is 9.88 Å². The summed E-state index contributed by atoms with van der Waals surface area (Å²) in [6.45, 7) is 5.44. The van der Waals surface area contributed by atoms with Gasteiger partial charge in [0.05, 0.1) is 30.0 Å². The topological polar surface area (TPSA) is 34.6 Å². The Balaban J connectivity index is 1.56. The van der Waals surface area contributed by atoms with Crippen molar-refractivity contribution in [1.29, 1.82) is 0 Å². The molecule has 23 heavy (non-hydrogen) atoms. The van der Waals surface area contributed by atoms with E-state index in [0.717, 1.165) is 50.4 Å². The molecule has 4 nitrogen and oxygen atoms in total. The number of pyridine rings is 1. The van der Waals surface area contributed by atoms with E-state index in [-0.39, 0.29) is 12.2 Å². The van der Waals surface area contributed by atoms with E-state index in [1.807, 2.05) is 6.07 Å². The van der Waals surface area contributed by atoms with Crippen molar-refractivity contribution in [1.82, 2.24) is 9.88 Å². The second kappa shape index (κ2) is 6.56. The third kappa shape index (κ3) is 2.99. The van der Waals surface area contributed by atoms with Gasteiger partial charge in [-0.1, -0.05) is 24.3 Å². The van der Waals surface area contributed by atoms with Crippen LogP contribution in [-0.2, 0) is 16.0 Å². The number of fused-ring (bicyclic) bond motifs is 3. The largest absolute Gasteiger partial charge is 0.374 e.